The predicted octanol–water partition coefficient (Wildman–Crippen LogP) is 14.2. The number of rotatable bonds is 2. The zero-order valence-corrected chi connectivity index (χ0v) is 30.2. The molecule has 0 fully saturated rings. The molecular weight excluding hydrogens is 589 g/mol. The highest BCUT2D eigenvalue weighted by Crippen LogP contribution is 2.41. The smallest absolute Gasteiger partial charge is 0.00215 e. The van der Waals surface area contributed by atoms with Gasteiger partial charge in [0.1, 0.15) is 0 Å². The molecule has 8 aromatic carbocycles. The highest BCUT2D eigenvalue weighted by molar-refractivity contribution is 6.14. The van der Waals surface area contributed by atoms with E-state index in [0.29, 0.717) is 0 Å². The van der Waals surface area contributed by atoms with Crippen LogP contribution in [0.5, 0.6) is 0 Å². The Kier molecular flexibility index (Phi) is 8.37. The maximum absolute atomic E-state index is 2.32. The molecule has 0 heterocycles. The lowest BCUT2D eigenvalue weighted by molar-refractivity contribution is 0.590. The average Bonchev–Trinajstić information content (AvgIpc) is 3.06. The normalized spacial score (nSPS) is 11.7. The third-order valence-corrected chi connectivity index (χ3v) is 10.0. The summed E-state index contributed by atoms with van der Waals surface area (Å²) in [6.07, 6.45) is 0. The molecule has 0 nitrogen and oxygen atoms in total. The van der Waals surface area contributed by atoms with Crippen LogP contribution in [0.3, 0.4) is 0 Å². The minimum atomic E-state index is 0.177. The molecule has 0 heteroatoms. The molecular formula is C49H46. The Labute approximate surface area is 292 Å². The van der Waals surface area contributed by atoms with E-state index in [1.165, 1.54) is 98.7 Å². The number of hydrogen-bond acceptors (Lipinski definition) is 0. The van der Waals surface area contributed by atoms with E-state index in [0.717, 1.165) is 0 Å². The topological polar surface area (TPSA) is 0 Å². The Morgan fingerprint density at radius 3 is 1.49 bits per heavy atom. The number of hydrogen-bond donors (Lipinski definition) is 0. The summed E-state index contributed by atoms with van der Waals surface area (Å²) in [6, 6.07) is 49.3. The second-order valence-electron chi connectivity index (χ2n) is 15.0. The van der Waals surface area contributed by atoms with E-state index in [1.807, 2.05) is 0 Å². The lowest BCUT2D eigenvalue weighted by Crippen LogP contribution is -2.10. The van der Waals surface area contributed by atoms with Crippen LogP contribution in [-0.2, 0) is 5.41 Å². The van der Waals surface area contributed by atoms with Crippen LogP contribution in [0.25, 0.3) is 65.3 Å². The molecule has 0 amide bonds. The van der Waals surface area contributed by atoms with Crippen LogP contribution in [0, 0.1) is 34.6 Å². The molecule has 0 aromatic heterocycles. The maximum Gasteiger partial charge on any atom is -0.00215 e. The van der Waals surface area contributed by atoms with Gasteiger partial charge in [-0.1, -0.05) is 159 Å². The van der Waals surface area contributed by atoms with Gasteiger partial charge in [0.15, 0.2) is 0 Å². The van der Waals surface area contributed by atoms with E-state index in [2.05, 4.69) is 189 Å². The van der Waals surface area contributed by atoms with Crippen molar-refractivity contribution in [3.05, 3.63) is 167 Å². The first-order valence-electron chi connectivity index (χ1n) is 17.5. The number of benzene rings is 8. The third-order valence-electron chi connectivity index (χ3n) is 10.0. The molecule has 0 N–H and O–H groups in total. The van der Waals surface area contributed by atoms with Gasteiger partial charge >= 0.3 is 0 Å². The lowest BCUT2D eigenvalue weighted by Gasteiger charge is -2.20. The van der Waals surface area contributed by atoms with E-state index < -0.39 is 0 Å². The van der Waals surface area contributed by atoms with Crippen molar-refractivity contribution < 1.29 is 0 Å². The predicted molar refractivity (Wildman–Crippen MR) is 216 cm³/mol. The van der Waals surface area contributed by atoms with Gasteiger partial charge in [-0.25, -0.2) is 0 Å². The minimum absolute atomic E-state index is 0.177. The van der Waals surface area contributed by atoms with Gasteiger partial charge in [0.25, 0.3) is 0 Å². The van der Waals surface area contributed by atoms with Gasteiger partial charge in [0, 0.05) is 0 Å². The summed E-state index contributed by atoms with van der Waals surface area (Å²) < 4.78 is 0. The van der Waals surface area contributed by atoms with E-state index in [-0.39, 0.29) is 5.41 Å². The SMILES string of the molecule is Cc1cc(C)c(-c2c3ccccc3cc3cc(C)ccc23)c(C)c1.Cc1ccc2cc3ccccc3c(-c3ccc(C(C)(C)C)cc3)c2c1. The van der Waals surface area contributed by atoms with Gasteiger partial charge in [-0.05, 0) is 134 Å². The number of fused-ring (bicyclic) bond motifs is 4. The zero-order chi connectivity index (χ0) is 34.4. The third kappa shape index (κ3) is 6.25. The van der Waals surface area contributed by atoms with E-state index in [9.17, 15) is 0 Å². The van der Waals surface area contributed by atoms with Crippen molar-refractivity contribution >= 4 is 43.1 Å². The quantitative estimate of drug-likeness (QED) is 0.166. The highest BCUT2D eigenvalue weighted by atomic mass is 14.2. The van der Waals surface area contributed by atoms with Crippen molar-refractivity contribution in [3.8, 4) is 22.3 Å². The van der Waals surface area contributed by atoms with Gasteiger partial charge in [-0.15, -0.1) is 0 Å². The van der Waals surface area contributed by atoms with Crippen molar-refractivity contribution in [1.29, 1.82) is 0 Å². The van der Waals surface area contributed by atoms with Gasteiger partial charge in [0.05, 0.1) is 0 Å². The fourth-order valence-corrected chi connectivity index (χ4v) is 7.66. The molecule has 0 saturated heterocycles. The number of aryl methyl sites for hydroxylation is 5. The highest BCUT2D eigenvalue weighted by Gasteiger charge is 2.16. The first-order chi connectivity index (χ1) is 23.5. The largest absolute Gasteiger partial charge is 0.0616 e. The Hall–Kier alpha value is -5.20. The lowest BCUT2D eigenvalue weighted by atomic mass is 9.85. The molecule has 0 atom stereocenters. The molecule has 0 radical (unpaired) electrons. The molecule has 0 aliphatic heterocycles. The summed E-state index contributed by atoms with van der Waals surface area (Å²) in [4.78, 5) is 0. The van der Waals surface area contributed by atoms with Gasteiger partial charge in [-0.3, -0.25) is 0 Å². The molecule has 0 spiro atoms. The van der Waals surface area contributed by atoms with Gasteiger partial charge < -0.3 is 0 Å². The molecule has 49 heavy (non-hydrogen) atoms. The monoisotopic (exact) mass is 634 g/mol. The molecule has 8 aromatic rings. The molecule has 0 unspecified atom stereocenters. The second-order valence-corrected chi connectivity index (χ2v) is 15.0. The fraction of sp³-hybridized carbons (Fsp3) is 0.184. The van der Waals surface area contributed by atoms with Crippen molar-refractivity contribution in [2.24, 2.45) is 0 Å². The standard InChI is InChI=1S/C25H24.C24H22/c1-17-9-10-20-16-19-7-5-6-8-22(19)24(23(20)15-17)18-11-13-21(14-12-18)25(2,3)4;1-15-9-10-22-20(13-15)14-19-7-5-6-8-21(19)24(22)23-17(3)11-16(2)12-18(23)4/h5-16H,1-4H3;5-14H,1-4H3. The first-order valence-corrected chi connectivity index (χ1v) is 17.5. The Balaban J connectivity index is 0.000000154. The zero-order valence-electron chi connectivity index (χ0n) is 30.2. The van der Waals surface area contributed by atoms with Crippen molar-refractivity contribution in [2.45, 2.75) is 60.8 Å². The van der Waals surface area contributed by atoms with Gasteiger partial charge in [-0.2, -0.15) is 0 Å². The molecule has 0 aliphatic rings. The van der Waals surface area contributed by atoms with Gasteiger partial charge in [0.2, 0.25) is 0 Å². The summed E-state index contributed by atoms with van der Waals surface area (Å²) in [6.45, 7) is 17.8. The Morgan fingerprint density at radius 1 is 0.347 bits per heavy atom. The molecule has 8 rings (SSSR count). The first kappa shape index (κ1) is 32.4. The van der Waals surface area contributed by atoms with Crippen molar-refractivity contribution in [3.63, 3.8) is 0 Å². The molecule has 0 saturated carbocycles. The second kappa shape index (κ2) is 12.7. The van der Waals surface area contributed by atoms with Crippen LogP contribution in [0.15, 0.2) is 133 Å². The maximum atomic E-state index is 2.32. The van der Waals surface area contributed by atoms with E-state index >= 15 is 0 Å². The van der Waals surface area contributed by atoms with Crippen LogP contribution in [0.1, 0.15) is 54.2 Å². The molecule has 0 bridgehead atoms. The van der Waals surface area contributed by atoms with Crippen LogP contribution >= 0.6 is 0 Å². The summed E-state index contributed by atoms with van der Waals surface area (Å²) in [5, 5.41) is 10.6. The average molecular weight is 635 g/mol. The van der Waals surface area contributed by atoms with Crippen molar-refractivity contribution in [2.75, 3.05) is 0 Å². The van der Waals surface area contributed by atoms with E-state index in [1.54, 1.807) is 0 Å². The molecule has 0 aliphatic carbocycles. The summed E-state index contributed by atoms with van der Waals surface area (Å²) in [5.41, 5.74) is 13.6. The van der Waals surface area contributed by atoms with Crippen LogP contribution < -0.4 is 0 Å². The fourth-order valence-electron chi connectivity index (χ4n) is 7.66. The van der Waals surface area contributed by atoms with Crippen LogP contribution in [0.4, 0.5) is 0 Å². The minimum Gasteiger partial charge on any atom is -0.0616 e. The van der Waals surface area contributed by atoms with Crippen LogP contribution in [0.2, 0.25) is 0 Å². The summed E-state index contributed by atoms with van der Waals surface area (Å²) in [7, 11) is 0. The van der Waals surface area contributed by atoms with E-state index in [4.69, 9.17) is 0 Å². The van der Waals surface area contributed by atoms with Crippen LogP contribution in [-0.4, -0.2) is 0 Å². The Bertz CT molecular complexity index is 2480. The summed E-state index contributed by atoms with van der Waals surface area (Å²) >= 11 is 0. The Morgan fingerprint density at radius 2 is 0.857 bits per heavy atom. The summed E-state index contributed by atoms with van der Waals surface area (Å²) in [5.74, 6) is 0. The molecule has 242 valence electrons. The van der Waals surface area contributed by atoms with Crippen molar-refractivity contribution in [1.82, 2.24) is 0 Å².